The molecule has 1 aromatic rings. The van der Waals surface area contributed by atoms with Crippen LogP contribution in [0.5, 0.6) is 0 Å². The zero-order valence-electron chi connectivity index (χ0n) is 11.1. The summed E-state index contributed by atoms with van der Waals surface area (Å²) >= 11 is 0. The Morgan fingerprint density at radius 2 is 1.74 bits per heavy atom. The number of rotatable bonds is 2. The molecule has 2 heterocycles. The highest BCUT2D eigenvalue weighted by Crippen LogP contribution is 2.50. The summed E-state index contributed by atoms with van der Waals surface area (Å²) in [7, 11) is 0. The Kier molecular flexibility index (Phi) is 2.46. The van der Waals surface area contributed by atoms with E-state index in [2.05, 4.69) is 22.3 Å². The Morgan fingerprint density at radius 1 is 1.11 bits per heavy atom. The average molecular weight is 256 g/mol. The largest absolute Gasteiger partial charge is 0.341 e. The number of amides is 1. The molecular formula is C16H20N2O. The fourth-order valence-electron chi connectivity index (χ4n) is 3.83. The van der Waals surface area contributed by atoms with Gasteiger partial charge in [0.25, 0.3) is 0 Å². The van der Waals surface area contributed by atoms with Gasteiger partial charge in [-0.3, -0.25) is 4.79 Å². The van der Waals surface area contributed by atoms with Crippen molar-refractivity contribution in [3.05, 3.63) is 35.9 Å². The van der Waals surface area contributed by atoms with E-state index in [4.69, 9.17) is 0 Å². The van der Waals surface area contributed by atoms with E-state index in [-0.39, 0.29) is 5.41 Å². The van der Waals surface area contributed by atoms with E-state index in [1.165, 1.54) is 5.56 Å². The molecule has 2 aliphatic heterocycles. The molecular weight excluding hydrogens is 236 g/mol. The Morgan fingerprint density at radius 3 is 2.32 bits per heavy atom. The maximum Gasteiger partial charge on any atom is 0.233 e. The van der Waals surface area contributed by atoms with Crippen molar-refractivity contribution in [2.45, 2.75) is 18.3 Å². The van der Waals surface area contributed by atoms with Crippen molar-refractivity contribution in [1.29, 1.82) is 0 Å². The molecule has 0 aromatic heterocycles. The smallest absolute Gasteiger partial charge is 0.233 e. The van der Waals surface area contributed by atoms with E-state index in [1.54, 1.807) is 0 Å². The van der Waals surface area contributed by atoms with E-state index >= 15 is 0 Å². The lowest BCUT2D eigenvalue weighted by molar-refractivity contribution is -0.133. The SMILES string of the molecule is O=C(N1C[C@H]2CNC[C@H]2C1)C1(c2ccccc2)CC1. The normalized spacial score (nSPS) is 31.3. The van der Waals surface area contributed by atoms with Gasteiger partial charge in [0.15, 0.2) is 0 Å². The fraction of sp³-hybridized carbons (Fsp3) is 0.562. The van der Waals surface area contributed by atoms with Crippen LogP contribution in [0.3, 0.4) is 0 Å². The van der Waals surface area contributed by atoms with Crippen LogP contribution in [0.15, 0.2) is 30.3 Å². The van der Waals surface area contributed by atoms with Crippen LogP contribution >= 0.6 is 0 Å². The van der Waals surface area contributed by atoms with E-state index in [9.17, 15) is 4.79 Å². The molecule has 1 aromatic carbocycles. The summed E-state index contributed by atoms with van der Waals surface area (Å²) in [4.78, 5) is 15.0. The van der Waals surface area contributed by atoms with E-state index in [0.717, 1.165) is 39.0 Å². The van der Waals surface area contributed by atoms with Crippen molar-refractivity contribution in [1.82, 2.24) is 10.2 Å². The van der Waals surface area contributed by atoms with Gasteiger partial charge in [0, 0.05) is 26.2 Å². The fourth-order valence-corrected chi connectivity index (χ4v) is 3.83. The molecule has 0 unspecified atom stereocenters. The Bertz CT molecular complexity index is 483. The van der Waals surface area contributed by atoms with Crippen LogP contribution in [0, 0.1) is 11.8 Å². The number of benzene rings is 1. The second kappa shape index (κ2) is 4.07. The van der Waals surface area contributed by atoms with E-state index in [0.29, 0.717) is 17.7 Å². The van der Waals surface area contributed by atoms with Crippen LogP contribution in [0.25, 0.3) is 0 Å². The van der Waals surface area contributed by atoms with Gasteiger partial charge in [-0.1, -0.05) is 30.3 Å². The van der Waals surface area contributed by atoms with Gasteiger partial charge in [-0.25, -0.2) is 0 Å². The molecule has 100 valence electrons. The van der Waals surface area contributed by atoms with Gasteiger partial charge in [0.1, 0.15) is 0 Å². The van der Waals surface area contributed by atoms with Gasteiger partial charge in [-0.05, 0) is 30.2 Å². The maximum atomic E-state index is 12.9. The molecule has 1 amide bonds. The van der Waals surface area contributed by atoms with Crippen LogP contribution in [-0.4, -0.2) is 37.0 Å². The number of carbonyl (C=O) groups excluding carboxylic acids is 1. The third kappa shape index (κ3) is 1.71. The maximum absolute atomic E-state index is 12.9. The summed E-state index contributed by atoms with van der Waals surface area (Å²) in [5.74, 6) is 1.76. The number of hydrogen-bond acceptors (Lipinski definition) is 2. The second-order valence-corrected chi connectivity index (χ2v) is 6.34. The minimum atomic E-state index is -0.173. The van der Waals surface area contributed by atoms with Gasteiger partial charge >= 0.3 is 0 Å². The first-order valence-electron chi connectivity index (χ1n) is 7.35. The highest BCUT2D eigenvalue weighted by Gasteiger charge is 2.54. The summed E-state index contributed by atoms with van der Waals surface area (Å²) in [5, 5.41) is 3.43. The molecule has 3 nitrogen and oxygen atoms in total. The standard InChI is InChI=1S/C16H20N2O/c19-15(18-10-12-8-17-9-13(12)11-18)16(6-7-16)14-4-2-1-3-5-14/h1-5,12-13,17H,6-11H2/t12-,13+. The van der Waals surface area contributed by atoms with Crippen LogP contribution in [0.4, 0.5) is 0 Å². The monoisotopic (exact) mass is 256 g/mol. The van der Waals surface area contributed by atoms with Crippen LogP contribution in [-0.2, 0) is 10.2 Å². The molecule has 0 radical (unpaired) electrons. The topological polar surface area (TPSA) is 32.3 Å². The average Bonchev–Trinajstić information content (AvgIpc) is 2.97. The quantitative estimate of drug-likeness (QED) is 0.867. The van der Waals surface area contributed by atoms with Gasteiger partial charge in [-0.15, -0.1) is 0 Å². The molecule has 0 bridgehead atoms. The third-order valence-electron chi connectivity index (χ3n) is 5.16. The number of nitrogens with zero attached hydrogens (tertiary/aromatic N) is 1. The van der Waals surface area contributed by atoms with E-state index < -0.39 is 0 Å². The molecule has 2 saturated heterocycles. The molecule has 19 heavy (non-hydrogen) atoms. The minimum Gasteiger partial charge on any atom is -0.341 e. The molecule has 3 fully saturated rings. The van der Waals surface area contributed by atoms with Crippen molar-refractivity contribution < 1.29 is 4.79 Å². The van der Waals surface area contributed by atoms with Crippen molar-refractivity contribution in [3.63, 3.8) is 0 Å². The summed E-state index contributed by atoms with van der Waals surface area (Å²) in [6.07, 6.45) is 2.06. The number of hydrogen-bond donors (Lipinski definition) is 1. The zero-order valence-corrected chi connectivity index (χ0v) is 11.1. The first kappa shape index (κ1) is 11.5. The minimum absolute atomic E-state index is 0.173. The van der Waals surface area contributed by atoms with Gasteiger partial charge < -0.3 is 10.2 Å². The summed E-state index contributed by atoms with van der Waals surface area (Å²) < 4.78 is 0. The van der Waals surface area contributed by atoms with Gasteiger partial charge in [0.05, 0.1) is 5.41 Å². The van der Waals surface area contributed by atoms with Crippen LogP contribution in [0.1, 0.15) is 18.4 Å². The molecule has 3 aliphatic rings. The molecule has 2 atom stereocenters. The summed E-state index contributed by atoms with van der Waals surface area (Å²) in [6, 6.07) is 10.3. The number of carbonyl (C=O) groups is 1. The molecule has 1 N–H and O–H groups in total. The molecule has 1 saturated carbocycles. The van der Waals surface area contributed by atoms with Crippen molar-refractivity contribution >= 4 is 5.91 Å². The third-order valence-corrected chi connectivity index (χ3v) is 5.16. The molecule has 1 aliphatic carbocycles. The number of likely N-dealkylation sites (tertiary alicyclic amines) is 1. The predicted molar refractivity (Wildman–Crippen MR) is 73.8 cm³/mol. The van der Waals surface area contributed by atoms with Crippen molar-refractivity contribution in [2.24, 2.45) is 11.8 Å². The number of nitrogens with one attached hydrogen (secondary N) is 1. The predicted octanol–water partition coefficient (Wildman–Crippen LogP) is 1.40. The van der Waals surface area contributed by atoms with Crippen LogP contribution < -0.4 is 5.32 Å². The molecule has 4 rings (SSSR count). The first-order valence-corrected chi connectivity index (χ1v) is 7.35. The summed E-state index contributed by atoms with van der Waals surface area (Å²) in [6.45, 7) is 4.11. The van der Waals surface area contributed by atoms with Gasteiger partial charge in [-0.2, -0.15) is 0 Å². The Labute approximate surface area is 114 Å². The molecule has 0 spiro atoms. The van der Waals surface area contributed by atoms with Crippen LogP contribution in [0.2, 0.25) is 0 Å². The van der Waals surface area contributed by atoms with E-state index in [1.807, 2.05) is 18.2 Å². The van der Waals surface area contributed by atoms with Crippen molar-refractivity contribution in [2.75, 3.05) is 26.2 Å². The summed E-state index contributed by atoms with van der Waals surface area (Å²) in [5.41, 5.74) is 1.04. The lowest BCUT2D eigenvalue weighted by Crippen LogP contribution is -2.39. The lowest BCUT2D eigenvalue weighted by Gasteiger charge is -2.24. The highest BCUT2D eigenvalue weighted by atomic mass is 16.2. The Balaban J connectivity index is 1.55. The van der Waals surface area contributed by atoms with Crippen molar-refractivity contribution in [3.8, 4) is 0 Å². The van der Waals surface area contributed by atoms with Gasteiger partial charge in [0.2, 0.25) is 5.91 Å². The second-order valence-electron chi connectivity index (χ2n) is 6.34. The lowest BCUT2D eigenvalue weighted by atomic mass is 9.94. The first-order chi connectivity index (χ1) is 9.29. The zero-order chi connectivity index (χ0) is 12.9. The highest BCUT2D eigenvalue weighted by molar-refractivity contribution is 5.91. The number of fused-ring (bicyclic) bond motifs is 1. The Hall–Kier alpha value is -1.35. The molecule has 3 heteroatoms.